The number of halogens is 1. The van der Waals surface area contributed by atoms with Gasteiger partial charge in [-0.3, -0.25) is 4.79 Å². The van der Waals surface area contributed by atoms with Crippen LogP contribution in [0.1, 0.15) is 49.4 Å². The molecule has 0 aromatic heterocycles. The van der Waals surface area contributed by atoms with Crippen LogP contribution in [0.2, 0.25) is 5.02 Å². The number of carboxylic acid groups (broad SMARTS) is 1. The number of urea groups is 1. The van der Waals surface area contributed by atoms with Crippen molar-refractivity contribution in [1.29, 1.82) is 0 Å². The van der Waals surface area contributed by atoms with Crippen molar-refractivity contribution in [3.63, 3.8) is 0 Å². The molecule has 0 fully saturated rings. The molecule has 0 spiro atoms. The van der Waals surface area contributed by atoms with Crippen LogP contribution in [0.15, 0.2) is 101 Å². The van der Waals surface area contributed by atoms with Crippen molar-refractivity contribution in [2.24, 2.45) is 4.99 Å². The van der Waals surface area contributed by atoms with Crippen LogP contribution in [0.5, 0.6) is 0 Å². The third-order valence-corrected chi connectivity index (χ3v) is 7.24. The van der Waals surface area contributed by atoms with Crippen LogP contribution in [0.4, 0.5) is 4.79 Å². The van der Waals surface area contributed by atoms with Crippen molar-refractivity contribution in [3.05, 3.63) is 118 Å². The number of hydrogen-bond donors (Lipinski definition) is 2. The molecule has 0 radical (unpaired) electrons. The first-order valence-corrected chi connectivity index (χ1v) is 13.0. The number of allylic oxidation sites excluding steroid dienone is 1. The molecule has 0 saturated heterocycles. The number of hydrogen-bond acceptors (Lipinski definition) is 3. The Bertz CT molecular complexity index is 1380. The van der Waals surface area contributed by atoms with Crippen LogP contribution in [0.25, 0.3) is 0 Å². The maximum absolute atomic E-state index is 13.0. The van der Waals surface area contributed by atoms with Gasteiger partial charge in [0, 0.05) is 41.7 Å². The van der Waals surface area contributed by atoms with Gasteiger partial charge in [-0.15, -0.1) is 0 Å². The summed E-state index contributed by atoms with van der Waals surface area (Å²) in [5.41, 5.74) is 2.38. The molecule has 4 rings (SSSR count). The Balaban J connectivity index is 1.51. The topological polar surface area (TPSA) is 99.1 Å². The summed E-state index contributed by atoms with van der Waals surface area (Å²) >= 11 is 6.17. The number of benzene rings is 3. The lowest BCUT2D eigenvalue weighted by Crippen LogP contribution is -2.48. The van der Waals surface area contributed by atoms with Crippen LogP contribution in [0.3, 0.4) is 0 Å². The van der Waals surface area contributed by atoms with Gasteiger partial charge >= 0.3 is 12.0 Å². The van der Waals surface area contributed by atoms with Gasteiger partial charge in [0.1, 0.15) is 0 Å². The van der Waals surface area contributed by atoms with E-state index in [0.29, 0.717) is 10.6 Å². The first-order chi connectivity index (χ1) is 18.7. The minimum Gasteiger partial charge on any atom is -0.478 e. The second kappa shape index (κ2) is 12.1. The molecule has 2 N–H and O–H groups in total. The summed E-state index contributed by atoms with van der Waals surface area (Å²) in [6.07, 6.45) is 1.92. The zero-order chi connectivity index (χ0) is 28.0. The van der Waals surface area contributed by atoms with Gasteiger partial charge in [-0.1, -0.05) is 91.3 Å². The Kier molecular flexibility index (Phi) is 8.62. The van der Waals surface area contributed by atoms with E-state index in [-0.39, 0.29) is 36.6 Å². The molecule has 1 heterocycles. The van der Waals surface area contributed by atoms with Gasteiger partial charge in [0.15, 0.2) is 0 Å². The largest absolute Gasteiger partial charge is 0.478 e. The van der Waals surface area contributed by atoms with Crippen molar-refractivity contribution < 1.29 is 19.5 Å². The molecule has 8 heteroatoms. The van der Waals surface area contributed by atoms with Crippen molar-refractivity contribution >= 4 is 35.7 Å². The molecule has 200 valence electrons. The number of carboxylic acids is 1. The van der Waals surface area contributed by atoms with E-state index in [1.165, 1.54) is 11.1 Å². The van der Waals surface area contributed by atoms with E-state index in [4.69, 9.17) is 11.6 Å². The third-order valence-electron chi connectivity index (χ3n) is 7.00. The van der Waals surface area contributed by atoms with E-state index >= 15 is 0 Å². The average Bonchev–Trinajstić information content (AvgIpc) is 2.92. The van der Waals surface area contributed by atoms with Gasteiger partial charge in [0.2, 0.25) is 5.91 Å². The molecular weight excluding hydrogens is 514 g/mol. The lowest BCUT2D eigenvalue weighted by atomic mass is 9.73. The average molecular weight is 544 g/mol. The van der Waals surface area contributed by atoms with Crippen molar-refractivity contribution in [2.75, 3.05) is 6.54 Å². The van der Waals surface area contributed by atoms with Crippen molar-refractivity contribution in [3.8, 4) is 0 Å². The van der Waals surface area contributed by atoms with Crippen LogP contribution in [0, 0.1) is 0 Å². The van der Waals surface area contributed by atoms with Gasteiger partial charge in [0.25, 0.3) is 0 Å². The van der Waals surface area contributed by atoms with Gasteiger partial charge in [-0.2, -0.15) is 0 Å². The zero-order valence-corrected chi connectivity index (χ0v) is 22.6. The molecule has 1 unspecified atom stereocenters. The SMILES string of the molecule is CC1=C(C(=O)O)C(c2cccc(Cl)c2)N(CCC=NC(=O)CC(C)(c2ccccc2)c2ccccc2)C(=O)N1. The highest BCUT2D eigenvalue weighted by Crippen LogP contribution is 2.36. The highest BCUT2D eigenvalue weighted by Gasteiger charge is 2.37. The predicted molar refractivity (Wildman–Crippen MR) is 152 cm³/mol. The van der Waals surface area contributed by atoms with E-state index in [9.17, 15) is 19.5 Å². The van der Waals surface area contributed by atoms with E-state index in [0.717, 1.165) is 11.1 Å². The first kappa shape index (κ1) is 27.8. The zero-order valence-electron chi connectivity index (χ0n) is 21.8. The molecule has 0 bridgehead atoms. The molecule has 0 saturated carbocycles. The Morgan fingerprint density at radius 1 is 1.03 bits per heavy atom. The van der Waals surface area contributed by atoms with Gasteiger partial charge in [-0.05, 0) is 35.7 Å². The van der Waals surface area contributed by atoms with E-state index < -0.39 is 23.5 Å². The highest BCUT2D eigenvalue weighted by atomic mass is 35.5. The monoisotopic (exact) mass is 543 g/mol. The Labute approximate surface area is 232 Å². The smallest absolute Gasteiger partial charge is 0.335 e. The first-order valence-electron chi connectivity index (χ1n) is 12.6. The lowest BCUT2D eigenvalue weighted by Gasteiger charge is -2.37. The van der Waals surface area contributed by atoms with Crippen LogP contribution < -0.4 is 5.32 Å². The summed E-state index contributed by atoms with van der Waals surface area (Å²) in [5, 5.41) is 13.0. The molecule has 39 heavy (non-hydrogen) atoms. The number of rotatable bonds is 9. The number of nitrogens with one attached hydrogen (secondary N) is 1. The molecule has 3 aromatic rings. The molecule has 0 aliphatic carbocycles. The quantitative estimate of drug-likeness (QED) is 0.316. The number of aliphatic imine (C=N–C) groups is 1. The Morgan fingerprint density at radius 2 is 1.64 bits per heavy atom. The molecule has 1 aliphatic heterocycles. The van der Waals surface area contributed by atoms with Crippen molar-refractivity contribution in [1.82, 2.24) is 10.2 Å². The number of amides is 3. The number of carbonyl (C=O) groups excluding carboxylic acids is 2. The molecular formula is C31H30ClN3O4. The van der Waals surface area contributed by atoms with Crippen LogP contribution in [-0.2, 0) is 15.0 Å². The van der Waals surface area contributed by atoms with E-state index in [2.05, 4.69) is 10.3 Å². The third kappa shape index (κ3) is 6.26. The summed E-state index contributed by atoms with van der Waals surface area (Å²) in [5.74, 6) is -1.42. The maximum atomic E-state index is 13.0. The summed E-state index contributed by atoms with van der Waals surface area (Å²) < 4.78 is 0. The fourth-order valence-corrected chi connectivity index (χ4v) is 5.20. The lowest BCUT2D eigenvalue weighted by molar-refractivity contribution is -0.133. The van der Waals surface area contributed by atoms with Gasteiger partial charge in [-0.25, -0.2) is 14.6 Å². The fraction of sp³-hybridized carbons (Fsp3) is 0.226. The maximum Gasteiger partial charge on any atom is 0.335 e. The highest BCUT2D eigenvalue weighted by molar-refractivity contribution is 6.30. The number of aliphatic carboxylic acids is 1. The Morgan fingerprint density at radius 3 is 2.21 bits per heavy atom. The minimum absolute atomic E-state index is 0.0615. The fourth-order valence-electron chi connectivity index (χ4n) is 5.00. The molecule has 1 aliphatic rings. The predicted octanol–water partition coefficient (Wildman–Crippen LogP) is 6.15. The molecule has 3 amide bonds. The second-order valence-electron chi connectivity index (χ2n) is 9.66. The molecule has 7 nitrogen and oxygen atoms in total. The summed E-state index contributed by atoms with van der Waals surface area (Å²) in [4.78, 5) is 43.7. The Hall–Kier alpha value is -4.23. The summed E-state index contributed by atoms with van der Waals surface area (Å²) in [7, 11) is 0. The van der Waals surface area contributed by atoms with Crippen LogP contribution in [-0.4, -0.2) is 40.7 Å². The summed E-state index contributed by atoms with van der Waals surface area (Å²) in [6, 6.07) is 25.2. The van der Waals surface area contributed by atoms with E-state index in [1.807, 2.05) is 67.6 Å². The minimum atomic E-state index is -1.13. The van der Waals surface area contributed by atoms with Crippen LogP contribution >= 0.6 is 11.6 Å². The van der Waals surface area contributed by atoms with Gasteiger partial charge < -0.3 is 15.3 Å². The summed E-state index contributed by atoms with van der Waals surface area (Å²) in [6.45, 7) is 3.74. The second-order valence-corrected chi connectivity index (χ2v) is 10.1. The number of nitrogens with zero attached hydrogens (tertiary/aromatic N) is 2. The standard InChI is InChI=1S/C31H30ClN3O4/c1-21-27(29(37)38)28(22-11-9-16-25(32)19-22)35(30(39)34-21)18-10-17-33-26(36)20-31(2,23-12-5-3-6-13-23)24-14-7-4-8-15-24/h3-9,11-17,19,28H,10,18,20H2,1-2H3,(H,34,39)(H,37,38). The van der Waals surface area contributed by atoms with Gasteiger partial charge in [0.05, 0.1) is 11.6 Å². The normalized spacial score (nSPS) is 15.9. The number of carbonyl (C=O) groups is 3. The molecule has 3 aromatic carbocycles. The molecule has 1 atom stereocenters. The van der Waals surface area contributed by atoms with Crippen molar-refractivity contribution in [2.45, 2.75) is 38.1 Å². The van der Waals surface area contributed by atoms with E-state index in [1.54, 1.807) is 31.2 Å².